The van der Waals surface area contributed by atoms with Crippen LogP contribution in [0.25, 0.3) is 0 Å². The third-order valence-corrected chi connectivity index (χ3v) is 4.24. The van der Waals surface area contributed by atoms with Gasteiger partial charge in [0.05, 0.1) is 18.1 Å². The second kappa shape index (κ2) is 7.53. The SMILES string of the molecule is COc1cccc(CC(=S)N[C@H](C)[C@H]2COc3ccccc3O2)c1. The first kappa shape index (κ1) is 16.6. The Kier molecular flexibility index (Phi) is 5.20. The molecule has 2 aromatic carbocycles. The number of fused-ring (bicyclic) bond motifs is 1. The van der Waals surface area contributed by atoms with Gasteiger partial charge in [-0.05, 0) is 36.8 Å². The first-order chi connectivity index (χ1) is 11.7. The molecular weight excluding hydrogens is 322 g/mol. The Labute approximate surface area is 147 Å². The van der Waals surface area contributed by atoms with E-state index in [-0.39, 0.29) is 12.1 Å². The predicted molar refractivity (Wildman–Crippen MR) is 98.2 cm³/mol. The molecule has 5 heteroatoms. The summed E-state index contributed by atoms with van der Waals surface area (Å²) in [5.74, 6) is 2.41. The summed E-state index contributed by atoms with van der Waals surface area (Å²) >= 11 is 5.49. The average molecular weight is 343 g/mol. The molecule has 0 aliphatic carbocycles. The molecule has 2 aromatic rings. The van der Waals surface area contributed by atoms with Crippen molar-refractivity contribution < 1.29 is 14.2 Å². The van der Waals surface area contributed by atoms with Crippen LogP contribution in [0.5, 0.6) is 17.2 Å². The Morgan fingerprint density at radius 1 is 1.25 bits per heavy atom. The molecule has 0 unspecified atom stereocenters. The van der Waals surface area contributed by atoms with Crippen LogP contribution in [0.15, 0.2) is 48.5 Å². The summed E-state index contributed by atoms with van der Waals surface area (Å²) in [7, 11) is 1.66. The van der Waals surface area contributed by atoms with Gasteiger partial charge in [0.1, 0.15) is 12.4 Å². The predicted octanol–water partition coefficient (Wildman–Crippen LogP) is 3.38. The van der Waals surface area contributed by atoms with Gasteiger partial charge in [-0.15, -0.1) is 0 Å². The third kappa shape index (κ3) is 3.97. The molecular formula is C19H21NO3S. The van der Waals surface area contributed by atoms with Crippen LogP contribution in [-0.2, 0) is 6.42 Å². The van der Waals surface area contributed by atoms with Crippen molar-refractivity contribution in [1.29, 1.82) is 0 Å². The van der Waals surface area contributed by atoms with Gasteiger partial charge in [0.2, 0.25) is 0 Å². The van der Waals surface area contributed by atoms with Gasteiger partial charge in [-0.1, -0.05) is 36.5 Å². The first-order valence-electron chi connectivity index (χ1n) is 7.96. The van der Waals surface area contributed by atoms with E-state index in [2.05, 4.69) is 12.2 Å². The first-order valence-corrected chi connectivity index (χ1v) is 8.37. The van der Waals surface area contributed by atoms with E-state index in [0.717, 1.165) is 27.8 Å². The molecule has 1 aliphatic rings. The van der Waals surface area contributed by atoms with E-state index in [0.29, 0.717) is 13.0 Å². The zero-order valence-electron chi connectivity index (χ0n) is 13.8. The van der Waals surface area contributed by atoms with Crippen LogP contribution in [0.1, 0.15) is 12.5 Å². The van der Waals surface area contributed by atoms with Crippen LogP contribution >= 0.6 is 12.2 Å². The number of para-hydroxylation sites is 2. The van der Waals surface area contributed by atoms with Gasteiger partial charge in [-0.3, -0.25) is 0 Å². The van der Waals surface area contributed by atoms with Gasteiger partial charge in [0.25, 0.3) is 0 Å². The number of nitrogens with one attached hydrogen (secondary N) is 1. The van der Waals surface area contributed by atoms with E-state index in [1.807, 2.05) is 48.5 Å². The smallest absolute Gasteiger partial charge is 0.161 e. The third-order valence-electron chi connectivity index (χ3n) is 3.98. The summed E-state index contributed by atoms with van der Waals surface area (Å²) < 4.78 is 17.0. The van der Waals surface area contributed by atoms with E-state index in [9.17, 15) is 0 Å². The normalized spacial score (nSPS) is 17.0. The number of rotatable bonds is 5. The van der Waals surface area contributed by atoms with Crippen molar-refractivity contribution in [3.8, 4) is 17.2 Å². The van der Waals surface area contributed by atoms with E-state index in [1.165, 1.54) is 0 Å². The lowest BCUT2D eigenvalue weighted by molar-refractivity contribution is 0.0717. The van der Waals surface area contributed by atoms with Gasteiger partial charge < -0.3 is 19.5 Å². The van der Waals surface area contributed by atoms with Crippen LogP contribution < -0.4 is 19.5 Å². The highest BCUT2D eigenvalue weighted by molar-refractivity contribution is 7.80. The van der Waals surface area contributed by atoms with E-state index >= 15 is 0 Å². The fraction of sp³-hybridized carbons (Fsp3) is 0.316. The maximum absolute atomic E-state index is 6.01. The van der Waals surface area contributed by atoms with E-state index in [4.69, 9.17) is 26.4 Å². The Hall–Kier alpha value is -2.27. The fourth-order valence-electron chi connectivity index (χ4n) is 2.65. The quantitative estimate of drug-likeness (QED) is 0.843. The number of ether oxygens (including phenoxy) is 3. The standard InChI is InChI=1S/C19H21NO3S/c1-13(18-12-22-16-8-3-4-9-17(16)23-18)20-19(24)11-14-6-5-7-15(10-14)21-2/h3-10,13,18H,11-12H2,1-2H3,(H,20,24)/t13-,18-/m1/s1. The van der Waals surface area contributed by atoms with Crippen LogP contribution in [0.4, 0.5) is 0 Å². The molecule has 2 atom stereocenters. The average Bonchev–Trinajstić information content (AvgIpc) is 2.61. The molecule has 4 nitrogen and oxygen atoms in total. The molecule has 0 fully saturated rings. The summed E-state index contributed by atoms with van der Waals surface area (Å²) in [4.78, 5) is 0.776. The van der Waals surface area contributed by atoms with E-state index < -0.39 is 0 Å². The lowest BCUT2D eigenvalue weighted by Crippen LogP contribution is -2.48. The van der Waals surface area contributed by atoms with Gasteiger partial charge in [-0.25, -0.2) is 0 Å². The fourth-order valence-corrected chi connectivity index (χ4v) is 3.00. The number of benzene rings is 2. The topological polar surface area (TPSA) is 39.7 Å². The highest BCUT2D eigenvalue weighted by Crippen LogP contribution is 2.31. The number of methoxy groups -OCH3 is 1. The zero-order valence-corrected chi connectivity index (χ0v) is 14.6. The van der Waals surface area contributed by atoms with Crippen molar-refractivity contribution >= 4 is 17.2 Å². The molecule has 3 rings (SSSR count). The Balaban J connectivity index is 1.56. The molecule has 0 aromatic heterocycles. The minimum atomic E-state index is -0.0804. The van der Waals surface area contributed by atoms with Crippen LogP contribution in [0.2, 0.25) is 0 Å². The van der Waals surface area contributed by atoms with Gasteiger partial charge in [-0.2, -0.15) is 0 Å². The molecule has 0 saturated heterocycles. The second-order valence-electron chi connectivity index (χ2n) is 5.80. The van der Waals surface area contributed by atoms with Crippen LogP contribution in [-0.4, -0.2) is 30.9 Å². The molecule has 24 heavy (non-hydrogen) atoms. The minimum absolute atomic E-state index is 0.0523. The second-order valence-corrected chi connectivity index (χ2v) is 6.29. The maximum Gasteiger partial charge on any atom is 0.161 e. The molecule has 0 bridgehead atoms. The molecule has 0 spiro atoms. The lowest BCUT2D eigenvalue weighted by atomic mass is 10.1. The largest absolute Gasteiger partial charge is 0.497 e. The van der Waals surface area contributed by atoms with Gasteiger partial charge in [0, 0.05) is 6.42 Å². The maximum atomic E-state index is 6.01. The van der Waals surface area contributed by atoms with Gasteiger partial charge in [0.15, 0.2) is 17.6 Å². The van der Waals surface area contributed by atoms with Crippen molar-refractivity contribution in [2.24, 2.45) is 0 Å². The highest BCUT2D eigenvalue weighted by Gasteiger charge is 2.26. The summed E-state index contributed by atoms with van der Waals surface area (Å²) in [6.07, 6.45) is 0.587. The van der Waals surface area contributed by atoms with E-state index in [1.54, 1.807) is 7.11 Å². The molecule has 0 amide bonds. The lowest BCUT2D eigenvalue weighted by Gasteiger charge is -2.31. The van der Waals surface area contributed by atoms with Crippen molar-refractivity contribution in [3.05, 3.63) is 54.1 Å². The molecule has 1 heterocycles. The van der Waals surface area contributed by atoms with Gasteiger partial charge >= 0.3 is 0 Å². The summed E-state index contributed by atoms with van der Waals surface area (Å²) in [5.41, 5.74) is 1.12. The minimum Gasteiger partial charge on any atom is -0.497 e. The van der Waals surface area contributed by atoms with Crippen molar-refractivity contribution in [2.45, 2.75) is 25.5 Å². The Morgan fingerprint density at radius 2 is 2.04 bits per heavy atom. The number of thiocarbonyl (C=S) groups is 1. The Bertz CT molecular complexity index is 719. The monoisotopic (exact) mass is 343 g/mol. The van der Waals surface area contributed by atoms with Crippen LogP contribution in [0, 0.1) is 0 Å². The van der Waals surface area contributed by atoms with Crippen LogP contribution in [0.3, 0.4) is 0 Å². The van der Waals surface area contributed by atoms with Crippen molar-refractivity contribution in [3.63, 3.8) is 0 Å². The highest BCUT2D eigenvalue weighted by atomic mass is 32.1. The van der Waals surface area contributed by atoms with Crippen molar-refractivity contribution in [2.75, 3.05) is 13.7 Å². The molecule has 126 valence electrons. The number of hydrogen-bond acceptors (Lipinski definition) is 4. The summed E-state index contributed by atoms with van der Waals surface area (Å²) in [6, 6.07) is 15.7. The molecule has 1 aliphatic heterocycles. The molecule has 0 saturated carbocycles. The Morgan fingerprint density at radius 3 is 2.83 bits per heavy atom. The molecule has 1 N–H and O–H groups in total. The molecule has 0 radical (unpaired) electrons. The zero-order chi connectivity index (χ0) is 16.9. The summed E-state index contributed by atoms with van der Waals surface area (Å²) in [5, 5.41) is 3.35. The van der Waals surface area contributed by atoms with Crippen molar-refractivity contribution in [1.82, 2.24) is 5.32 Å². The summed E-state index contributed by atoms with van der Waals surface area (Å²) in [6.45, 7) is 2.56. The number of hydrogen-bond donors (Lipinski definition) is 1.